The summed E-state index contributed by atoms with van der Waals surface area (Å²) in [5.41, 5.74) is 5.32. The van der Waals surface area contributed by atoms with Gasteiger partial charge in [-0.25, -0.2) is 0 Å². The quantitative estimate of drug-likeness (QED) is 0.215. The van der Waals surface area contributed by atoms with E-state index in [2.05, 4.69) is 5.32 Å². The van der Waals surface area contributed by atoms with E-state index in [1.165, 1.54) is 19.2 Å². The van der Waals surface area contributed by atoms with E-state index in [4.69, 9.17) is 29.8 Å². The summed E-state index contributed by atoms with van der Waals surface area (Å²) >= 11 is 0. The molecule has 268 valence electrons. The maximum absolute atomic E-state index is 13.6. The van der Waals surface area contributed by atoms with Crippen LogP contribution >= 0.6 is 0 Å². The highest BCUT2D eigenvalue weighted by Crippen LogP contribution is 2.51. The van der Waals surface area contributed by atoms with E-state index in [1.54, 1.807) is 6.07 Å². The second-order valence-corrected chi connectivity index (χ2v) is 10.7. The first-order chi connectivity index (χ1) is 23.3. The summed E-state index contributed by atoms with van der Waals surface area (Å²) in [5, 5.41) is 42.6. The van der Waals surface area contributed by atoms with Crippen molar-refractivity contribution in [3.05, 3.63) is 51.6 Å². The molecular weight excluding hydrogens is 624 g/mol. The van der Waals surface area contributed by atoms with E-state index in [-0.39, 0.29) is 70.9 Å². The van der Waals surface area contributed by atoms with Crippen molar-refractivity contribution in [3.63, 3.8) is 0 Å². The summed E-state index contributed by atoms with van der Waals surface area (Å²) in [7, 11) is 2.37. The first kappa shape index (κ1) is 40.7. The molecule has 2 aromatic carbocycles. The average molecular weight is 677 g/mol. The molecule has 0 amide bonds. The number of nitrogens with one attached hydrogen (secondary N) is 1. The van der Waals surface area contributed by atoms with Crippen LogP contribution in [0.15, 0.2) is 18.2 Å². The van der Waals surface area contributed by atoms with Crippen LogP contribution in [0.1, 0.15) is 96.0 Å². The molecule has 48 heavy (non-hydrogen) atoms. The Morgan fingerprint density at radius 3 is 2.15 bits per heavy atom. The van der Waals surface area contributed by atoms with Crippen LogP contribution in [0.4, 0.5) is 0 Å². The van der Waals surface area contributed by atoms with Crippen LogP contribution in [0, 0.1) is 5.92 Å². The number of fused-ring (bicyclic) bond motifs is 3. The number of methoxy groups -OCH3 is 1. The van der Waals surface area contributed by atoms with Crippen molar-refractivity contribution in [1.82, 2.24) is 5.32 Å². The van der Waals surface area contributed by atoms with Crippen LogP contribution in [-0.4, -0.2) is 104 Å². The van der Waals surface area contributed by atoms with Gasteiger partial charge in [-0.05, 0) is 25.3 Å². The van der Waals surface area contributed by atoms with Crippen molar-refractivity contribution < 1.29 is 53.8 Å². The van der Waals surface area contributed by atoms with Crippen molar-refractivity contribution in [1.29, 1.82) is 0 Å². The number of ether oxygens (including phenoxy) is 4. The van der Waals surface area contributed by atoms with E-state index in [0.717, 1.165) is 33.4 Å². The largest absolute Gasteiger partial charge is 0.507 e. The third kappa shape index (κ3) is 8.97. The van der Waals surface area contributed by atoms with Gasteiger partial charge in [0.15, 0.2) is 12.1 Å². The molecule has 0 spiro atoms. The summed E-state index contributed by atoms with van der Waals surface area (Å²) in [6.07, 6.45) is -1.28. The minimum Gasteiger partial charge on any atom is -0.507 e. The molecule has 2 unspecified atom stereocenters. The highest BCUT2D eigenvalue weighted by Gasteiger charge is 2.44. The molecule has 2 aromatic rings. The number of ketones is 3. The fourth-order valence-corrected chi connectivity index (χ4v) is 5.93. The third-order valence-corrected chi connectivity index (χ3v) is 8.06. The molecule has 0 radical (unpaired) electrons. The maximum Gasteiger partial charge on any atom is 0.202 e. The number of benzene rings is 2. The molecule has 4 aliphatic rings. The lowest BCUT2D eigenvalue weighted by atomic mass is 9.73. The first-order valence-corrected chi connectivity index (χ1v) is 16.5. The molecule has 6 rings (SSSR count). The van der Waals surface area contributed by atoms with Crippen LogP contribution in [0.2, 0.25) is 0 Å². The molecule has 0 aromatic heterocycles. The Hall–Kier alpha value is -3.43. The molecule has 7 N–H and O–H groups in total. The number of aliphatic hydroxyl groups is 2. The number of rotatable bonds is 5. The molecule has 0 bridgehead atoms. The lowest BCUT2D eigenvalue weighted by Gasteiger charge is -2.37. The lowest BCUT2D eigenvalue weighted by Crippen LogP contribution is -2.36. The molecule has 2 aliphatic heterocycles. The fourth-order valence-electron chi connectivity index (χ4n) is 5.93. The normalized spacial score (nSPS) is 22.2. The second-order valence-electron chi connectivity index (χ2n) is 10.7. The number of hydrogen-bond donors (Lipinski definition) is 6. The summed E-state index contributed by atoms with van der Waals surface area (Å²) in [4.78, 5) is 39.6. The van der Waals surface area contributed by atoms with Gasteiger partial charge in [-0.2, -0.15) is 0 Å². The predicted molar refractivity (Wildman–Crippen MR) is 179 cm³/mol. The number of aliphatic hydroxyl groups excluding tert-OH is 2. The van der Waals surface area contributed by atoms with Crippen molar-refractivity contribution in [2.24, 2.45) is 11.7 Å². The molecule has 4 atom stereocenters. The average Bonchev–Trinajstić information content (AvgIpc) is 3.15. The zero-order valence-electron chi connectivity index (χ0n) is 28.8. The smallest absolute Gasteiger partial charge is 0.202 e. The number of phenols is 2. The maximum atomic E-state index is 13.6. The van der Waals surface area contributed by atoms with Crippen molar-refractivity contribution in [2.75, 3.05) is 53.7 Å². The molecule has 13 nitrogen and oxygen atoms in total. The molecular formula is C35H52N2O11. The summed E-state index contributed by atoms with van der Waals surface area (Å²) in [6.45, 7) is 11.7. The van der Waals surface area contributed by atoms with Gasteiger partial charge in [0.2, 0.25) is 5.78 Å². The molecule has 2 saturated heterocycles. The highest BCUT2D eigenvalue weighted by atomic mass is 16.7. The molecule has 0 saturated carbocycles. The third-order valence-electron chi connectivity index (χ3n) is 8.06. The first-order valence-electron chi connectivity index (χ1n) is 16.5. The number of hydrogen-bond acceptors (Lipinski definition) is 13. The number of aromatic hydroxyl groups is 2. The van der Waals surface area contributed by atoms with Crippen LogP contribution in [0.25, 0.3) is 0 Å². The Morgan fingerprint density at radius 2 is 1.62 bits per heavy atom. The van der Waals surface area contributed by atoms with Gasteiger partial charge in [-0.1, -0.05) is 39.8 Å². The van der Waals surface area contributed by atoms with Crippen molar-refractivity contribution >= 4 is 17.3 Å². The number of morpholine rings is 1. The number of carbonyl (C=O) groups is 3. The van der Waals surface area contributed by atoms with Gasteiger partial charge in [0, 0.05) is 49.2 Å². The van der Waals surface area contributed by atoms with Gasteiger partial charge in [-0.15, -0.1) is 0 Å². The SMILES string of the molecule is C1COCCN1.CC.CC.CO.COc1cccc2c1C(=O)c1c(O)c3c(c(O)c1C2=O)CC(C(=O)CN)C[C@@H]3OC1CC[C@H](O)CO1. The van der Waals surface area contributed by atoms with Gasteiger partial charge in [-0.3, -0.25) is 14.4 Å². The minimum atomic E-state index is -0.923. The number of Topliss-reactive ketones (excluding diaryl/α,β-unsaturated/α-hetero) is 1. The fraction of sp³-hybridized carbons (Fsp3) is 0.571. The van der Waals surface area contributed by atoms with Crippen molar-refractivity contribution in [3.8, 4) is 17.2 Å². The number of phenolic OH excluding ortho intramolecular Hbond substituents is 2. The van der Waals surface area contributed by atoms with Crippen molar-refractivity contribution in [2.45, 2.75) is 71.9 Å². The van der Waals surface area contributed by atoms with Crippen LogP contribution in [0.3, 0.4) is 0 Å². The lowest BCUT2D eigenvalue weighted by molar-refractivity contribution is -0.213. The van der Waals surface area contributed by atoms with Gasteiger partial charge in [0.1, 0.15) is 23.0 Å². The summed E-state index contributed by atoms with van der Waals surface area (Å²) < 4.78 is 22.0. The highest BCUT2D eigenvalue weighted by molar-refractivity contribution is 6.31. The topological polar surface area (TPSA) is 207 Å². The van der Waals surface area contributed by atoms with E-state index >= 15 is 0 Å². The van der Waals surface area contributed by atoms with Crippen LogP contribution in [0.5, 0.6) is 17.2 Å². The zero-order chi connectivity index (χ0) is 36.0. The van der Waals surface area contributed by atoms with E-state index in [0.29, 0.717) is 12.8 Å². The Bertz CT molecular complexity index is 1360. The minimum absolute atomic E-state index is 0.00113. The standard InChI is InChI=1S/C26H27NO9.C4H9NO.2C2H6.CH4O/c1-34-16-4-2-3-13-19(16)25(32)22-21(23(13)30)24(31)14-7-11(15(29)9-27)8-17(20(14)26(22)33)36-18-6-5-12(28)10-35-18;1-3-6-4-2-5-1;3*1-2/h2-4,11-12,17-18,28,31,33H,5-10,27H2,1H3;5H,1-4H2;2*1-2H3;2H,1H3/t11?,12-,17-,18?;;;;/m0..../s1. The molecule has 2 aliphatic carbocycles. The van der Waals surface area contributed by atoms with Crippen LogP contribution < -0.4 is 15.8 Å². The molecule has 2 heterocycles. The Morgan fingerprint density at radius 1 is 0.979 bits per heavy atom. The zero-order valence-corrected chi connectivity index (χ0v) is 28.8. The van der Waals surface area contributed by atoms with Crippen LogP contribution in [-0.2, 0) is 25.4 Å². The summed E-state index contributed by atoms with van der Waals surface area (Å²) in [5.74, 6) is -2.97. The van der Waals surface area contributed by atoms with Gasteiger partial charge < -0.3 is 50.4 Å². The number of carbonyl (C=O) groups excluding carboxylic acids is 3. The molecule has 13 heteroatoms. The summed E-state index contributed by atoms with van der Waals surface area (Å²) in [6, 6.07) is 4.55. The van der Waals surface area contributed by atoms with E-state index in [1.807, 2.05) is 27.7 Å². The van der Waals surface area contributed by atoms with Gasteiger partial charge in [0.05, 0.1) is 62.4 Å². The van der Waals surface area contributed by atoms with E-state index in [9.17, 15) is 29.7 Å². The van der Waals surface area contributed by atoms with Gasteiger partial charge in [0.25, 0.3) is 0 Å². The Balaban J connectivity index is 0.000000578. The molecule has 2 fully saturated rings. The number of nitrogens with two attached hydrogens (primary N) is 1. The Kier molecular flexibility index (Phi) is 17.1. The Labute approximate surface area is 282 Å². The van der Waals surface area contributed by atoms with Gasteiger partial charge >= 0.3 is 0 Å². The van der Waals surface area contributed by atoms with E-state index < -0.39 is 47.5 Å². The monoisotopic (exact) mass is 676 g/mol. The second kappa shape index (κ2) is 20.2. The predicted octanol–water partition coefficient (Wildman–Crippen LogP) is 2.79.